The maximum absolute atomic E-state index is 13.6. The normalized spacial score (nSPS) is 12.2. The molecule has 0 saturated heterocycles. The van der Waals surface area contributed by atoms with Crippen LogP contribution >= 0.6 is 23.2 Å². The molecule has 1 aromatic carbocycles. The molecule has 0 radical (unpaired) electrons. The largest absolute Gasteiger partial charge is 0.362 e. The standard InChI is InChI=1S/C13H11Cl2FN2/c1-8(10-4-2-3-5-12(10)16)18-13-11(15)6-9(14)7-17-13/h2-8H,1H3,(H,17,18). The molecule has 0 aliphatic rings. The molecule has 0 saturated carbocycles. The second-order valence-corrected chi connectivity index (χ2v) is 4.72. The molecule has 2 nitrogen and oxygen atoms in total. The van der Waals surface area contributed by atoms with Gasteiger partial charge in [0.15, 0.2) is 0 Å². The van der Waals surface area contributed by atoms with Crippen LogP contribution in [0.3, 0.4) is 0 Å². The summed E-state index contributed by atoms with van der Waals surface area (Å²) in [5.41, 5.74) is 0.560. The van der Waals surface area contributed by atoms with Crippen molar-refractivity contribution in [2.75, 3.05) is 5.32 Å². The van der Waals surface area contributed by atoms with Gasteiger partial charge in [-0.3, -0.25) is 0 Å². The summed E-state index contributed by atoms with van der Waals surface area (Å²) in [5.74, 6) is 0.222. The van der Waals surface area contributed by atoms with Crippen LogP contribution in [0.25, 0.3) is 0 Å². The third-order valence-electron chi connectivity index (χ3n) is 2.53. The fourth-order valence-corrected chi connectivity index (χ4v) is 2.06. The van der Waals surface area contributed by atoms with Gasteiger partial charge in [-0.15, -0.1) is 0 Å². The van der Waals surface area contributed by atoms with Gasteiger partial charge in [0.2, 0.25) is 0 Å². The summed E-state index contributed by atoms with van der Waals surface area (Å²) in [6, 6.07) is 7.93. The van der Waals surface area contributed by atoms with Gasteiger partial charge < -0.3 is 5.32 Å². The maximum Gasteiger partial charge on any atom is 0.145 e. The molecule has 94 valence electrons. The molecule has 1 N–H and O–H groups in total. The van der Waals surface area contributed by atoms with E-state index >= 15 is 0 Å². The van der Waals surface area contributed by atoms with E-state index in [-0.39, 0.29) is 11.9 Å². The van der Waals surface area contributed by atoms with E-state index in [0.29, 0.717) is 21.4 Å². The van der Waals surface area contributed by atoms with Crippen LogP contribution in [0.2, 0.25) is 10.0 Å². The number of halogens is 3. The summed E-state index contributed by atoms with van der Waals surface area (Å²) in [5, 5.41) is 3.92. The van der Waals surface area contributed by atoms with Crippen LogP contribution in [0, 0.1) is 5.82 Å². The van der Waals surface area contributed by atoms with E-state index in [4.69, 9.17) is 23.2 Å². The van der Waals surface area contributed by atoms with Crippen LogP contribution in [0.15, 0.2) is 36.5 Å². The summed E-state index contributed by atoms with van der Waals surface area (Å²) in [7, 11) is 0. The minimum absolute atomic E-state index is 0.239. The van der Waals surface area contributed by atoms with Crippen molar-refractivity contribution in [1.82, 2.24) is 4.98 Å². The number of nitrogens with one attached hydrogen (secondary N) is 1. The van der Waals surface area contributed by atoms with Crippen molar-refractivity contribution in [2.45, 2.75) is 13.0 Å². The average molecular weight is 285 g/mol. The molecule has 0 bridgehead atoms. The molecule has 0 aliphatic heterocycles. The molecule has 0 spiro atoms. The lowest BCUT2D eigenvalue weighted by Crippen LogP contribution is -2.09. The number of hydrogen-bond donors (Lipinski definition) is 1. The van der Waals surface area contributed by atoms with Gasteiger partial charge >= 0.3 is 0 Å². The Hall–Kier alpha value is -1.32. The van der Waals surface area contributed by atoms with Crippen LogP contribution in [-0.4, -0.2) is 4.98 Å². The number of anilines is 1. The van der Waals surface area contributed by atoms with Gasteiger partial charge in [-0.2, -0.15) is 0 Å². The molecule has 5 heteroatoms. The molecule has 2 aromatic rings. The highest BCUT2D eigenvalue weighted by Gasteiger charge is 2.12. The van der Waals surface area contributed by atoms with Gasteiger partial charge in [0.25, 0.3) is 0 Å². The van der Waals surface area contributed by atoms with Gasteiger partial charge in [0.1, 0.15) is 11.6 Å². The topological polar surface area (TPSA) is 24.9 Å². The Morgan fingerprint density at radius 2 is 2.00 bits per heavy atom. The van der Waals surface area contributed by atoms with E-state index in [0.717, 1.165) is 0 Å². The maximum atomic E-state index is 13.6. The van der Waals surface area contributed by atoms with Crippen LogP contribution in [0.5, 0.6) is 0 Å². The third-order valence-corrected chi connectivity index (χ3v) is 3.03. The smallest absolute Gasteiger partial charge is 0.145 e. The first-order valence-corrected chi connectivity index (χ1v) is 6.15. The highest BCUT2D eigenvalue weighted by Crippen LogP contribution is 2.27. The summed E-state index contributed by atoms with van der Waals surface area (Å²) in [4.78, 5) is 4.08. The lowest BCUT2D eigenvalue weighted by molar-refractivity contribution is 0.600. The average Bonchev–Trinajstić information content (AvgIpc) is 2.33. The summed E-state index contributed by atoms with van der Waals surface area (Å²) in [6.07, 6.45) is 1.49. The molecule has 1 aromatic heterocycles. The molecule has 0 amide bonds. The number of hydrogen-bond acceptors (Lipinski definition) is 2. The van der Waals surface area contributed by atoms with E-state index in [2.05, 4.69) is 10.3 Å². The van der Waals surface area contributed by atoms with Crippen molar-refractivity contribution >= 4 is 29.0 Å². The Bertz CT molecular complexity index is 560. The zero-order valence-corrected chi connectivity index (χ0v) is 11.1. The minimum Gasteiger partial charge on any atom is -0.362 e. The van der Waals surface area contributed by atoms with Crippen molar-refractivity contribution in [2.24, 2.45) is 0 Å². The third kappa shape index (κ3) is 2.92. The van der Waals surface area contributed by atoms with Crippen LogP contribution in [-0.2, 0) is 0 Å². The fraction of sp³-hybridized carbons (Fsp3) is 0.154. The first-order chi connectivity index (χ1) is 8.58. The van der Waals surface area contributed by atoms with Crippen molar-refractivity contribution in [3.05, 3.63) is 58.0 Å². The van der Waals surface area contributed by atoms with E-state index in [1.54, 1.807) is 24.3 Å². The first-order valence-electron chi connectivity index (χ1n) is 5.40. The van der Waals surface area contributed by atoms with Crippen molar-refractivity contribution < 1.29 is 4.39 Å². The molecule has 18 heavy (non-hydrogen) atoms. The number of aromatic nitrogens is 1. The summed E-state index contributed by atoms with van der Waals surface area (Å²) < 4.78 is 13.6. The molecule has 1 unspecified atom stereocenters. The zero-order chi connectivity index (χ0) is 13.1. The van der Waals surface area contributed by atoms with Gasteiger partial charge in [-0.25, -0.2) is 9.37 Å². The van der Waals surface area contributed by atoms with Gasteiger partial charge in [-0.05, 0) is 19.1 Å². The number of pyridine rings is 1. The lowest BCUT2D eigenvalue weighted by atomic mass is 10.1. The minimum atomic E-state index is -0.261. The van der Waals surface area contributed by atoms with E-state index in [9.17, 15) is 4.39 Å². The molecule has 1 atom stereocenters. The van der Waals surface area contributed by atoms with E-state index in [1.807, 2.05) is 6.92 Å². The van der Waals surface area contributed by atoms with Gasteiger partial charge in [0.05, 0.1) is 16.1 Å². The van der Waals surface area contributed by atoms with Crippen molar-refractivity contribution in [1.29, 1.82) is 0 Å². The van der Waals surface area contributed by atoms with Gasteiger partial charge in [-0.1, -0.05) is 41.4 Å². The molecule has 2 rings (SSSR count). The van der Waals surface area contributed by atoms with Crippen LogP contribution in [0.1, 0.15) is 18.5 Å². The summed E-state index contributed by atoms with van der Waals surface area (Å²) >= 11 is 11.8. The second kappa shape index (κ2) is 5.55. The number of nitrogens with zero attached hydrogens (tertiary/aromatic N) is 1. The molecule has 0 aliphatic carbocycles. The lowest BCUT2D eigenvalue weighted by Gasteiger charge is -2.16. The van der Waals surface area contributed by atoms with Crippen LogP contribution in [0.4, 0.5) is 10.2 Å². The number of benzene rings is 1. The fourth-order valence-electron chi connectivity index (χ4n) is 1.63. The Morgan fingerprint density at radius 3 is 2.67 bits per heavy atom. The molecule has 1 heterocycles. The van der Waals surface area contributed by atoms with Crippen molar-refractivity contribution in [3.63, 3.8) is 0 Å². The van der Waals surface area contributed by atoms with Crippen molar-refractivity contribution in [3.8, 4) is 0 Å². The SMILES string of the molecule is CC(Nc1ncc(Cl)cc1Cl)c1ccccc1F. The Balaban J connectivity index is 2.21. The second-order valence-electron chi connectivity index (χ2n) is 3.87. The van der Waals surface area contributed by atoms with E-state index in [1.165, 1.54) is 12.3 Å². The van der Waals surface area contributed by atoms with Crippen LogP contribution < -0.4 is 5.32 Å². The first kappa shape index (κ1) is 13.1. The number of rotatable bonds is 3. The quantitative estimate of drug-likeness (QED) is 0.884. The molecular weight excluding hydrogens is 274 g/mol. The van der Waals surface area contributed by atoms with E-state index < -0.39 is 0 Å². The Labute approximate surface area is 115 Å². The highest BCUT2D eigenvalue weighted by atomic mass is 35.5. The predicted octanol–water partition coefficient (Wildman–Crippen LogP) is 4.70. The highest BCUT2D eigenvalue weighted by molar-refractivity contribution is 6.35. The Kier molecular flexibility index (Phi) is 4.04. The predicted molar refractivity (Wildman–Crippen MR) is 72.7 cm³/mol. The zero-order valence-electron chi connectivity index (χ0n) is 9.62. The molecular formula is C13H11Cl2FN2. The van der Waals surface area contributed by atoms with Gasteiger partial charge in [0, 0.05) is 11.8 Å². The monoisotopic (exact) mass is 284 g/mol. The Morgan fingerprint density at radius 1 is 1.28 bits per heavy atom. The summed E-state index contributed by atoms with van der Waals surface area (Å²) in [6.45, 7) is 1.84. The molecule has 0 fully saturated rings.